The lowest BCUT2D eigenvalue weighted by Crippen LogP contribution is -2.56. The Kier molecular flexibility index (Phi) is 11.0. The monoisotopic (exact) mass is 529 g/mol. The number of piperazine rings is 1. The largest absolute Gasteiger partial charge is 0.403 e. The van der Waals surface area contributed by atoms with Gasteiger partial charge in [-0.05, 0) is 32.8 Å². The fraction of sp³-hybridized carbons (Fsp3) is 0.684. The van der Waals surface area contributed by atoms with E-state index in [0.29, 0.717) is 45.8 Å². The number of unbranched alkanes of at least 4 members (excludes halogenated alkanes) is 1. The molecule has 1 aromatic heterocycles. The van der Waals surface area contributed by atoms with Gasteiger partial charge in [-0.1, -0.05) is 6.07 Å². The Hall–Kier alpha value is -1.30. The van der Waals surface area contributed by atoms with Gasteiger partial charge >= 0.3 is 6.18 Å². The van der Waals surface area contributed by atoms with E-state index in [2.05, 4.69) is 10.3 Å². The number of alkyl halides is 3. The average molecular weight is 529 g/mol. The summed E-state index contributed by atoms with van der Waals surface area (Å²) < 4.78 is 40.3. The number of aliphatic imine (C=N–C) groups is 1. The third-order valence-electron chi connectivity index (χ3n) is 4.94. The number of aryl methyl sites for hydroxylation is 1. The molecule has 2 heterocycles. The number of aromatic nitrogens is 1. The highest BCUT2D eigenvalue weighted by Gasteiger charge is 2.41. The Morgan fingerprint density at radius 3 is 2.48 bits per heavy atom. The lowest BCUT2D eigenvalue weighted by atomic mass is 10.2. The molecule has 1 aliphatic heterocycles. The second-order valence-electron chi connectivity index (χ2n) is 6.92. The van der Waals surface area contributed by atoms with Crippen molar-refractivity contribution in [2.24, 2.45) is 4.99 Å². The molecule has 166 valence electrons. The minimum atomic E-state index is -4.19. The molecule has 1 fully saturated rings. The van der Waals surface area contributed by atoms with Crippen LogP contribution in [0.5, 0.6) is 0 Å². The molecule has 0 radical (unpaired) electrons. The number of hydrogen-bond donors (Lipinski definition) is 1. The van der Waals surface area contributed by atoms with E-state index in [4.69, 9.17) is 0 Å². The number of guanidine groups is 1. The number of hydrogen-bond acceptors (Lipinski definition) is 3. The molecule has 0 saturated carbocycles. The molecule has 29 heavy (non-hydrogen) atoms. The molecule has 1 saturated heterocycles. The molecule has 1 unspecified atom stereocenters. The lowest BCUT2D eigenvalue weighted by Gasteiger charge is -2.39. The van der Waals surface area contributed by atoms with Gasteiger partial charge in [0.25, 0.3) is 0 Å². The highest BCUT2D eigenvalue weighted by molar-refractivity contribution is 14.0. The first-order chi connectivity index (χ1) is 13.3. The van der Waals surface area contributed by atoms with Gasteiger partial charge in [-0.3, -0.25) is 14.7 Å². The van der Waals surface area contributed by atoms with Crippen molar-refractivity contribution in [2.45, 2.75) is 45.5 Å². The zero-order valence-corrected chi connectivity index (χ0v) is 19.3. The van der Waals surface area contributed by atoms with Crippen LogP contribution in [0.3, 0.4) is 0 Å². The molecule has 0 aromatic carbocycles. The zero-order valence-electron chi connectivity index (χ0n) is 17.0. The molecule has 10 heteroatoms. The average Bonchev–Trinajstić information content (AvgIpc) is 2.67. The number of rotatable bonds is 7. The fourth-order valence-electron chi connectivity index (χ4n) is 3.18. The summed E-state index contributed by atoms with van der Waals surface area (Å²) in [6, 6.07) is 3.68. The molecule has 6 nitrogen and oxygen atoms in total. The molecule has 1 atom stereocenters. The van der Waals surface area contributed by atoms with Gasteiger partial charge in [0.2, 0.25) is 5.56 Å². The van der Waals surface area contributed by atoms with Gasteiger partial charge in [0, 0.05) is 58.1 Å². The Bertz CT molecular complexity index is 687. The van der Waals surface area contributed by atoms with E-state index in [1.807, 2.05) is 17.9 Å². The van der Waals surface area contributed by atoms with E-state index in [1.165, 1.54) is 11.8 Å². The van der Waals surface area contributed by atoms with Gasteiger partial charge in [0.1, 0.15) is 6.04 Å². The van der Waals surface area contributed by atoms with E-state index >= 15 is 0 Å². The summed E-state index contributed by atoms with van der Waals surface area (Å²) in [7, 11) is 0. The topological polar surface area (TPSA) is 52.9 Å². The second kappa shape index (κ2) is 12.4. The van der Waals surface area contributed by atoms with Crippen LogP contribution in [0.2, 0.25) is 0 Å². The van der Waals surface area contributed by atoms with Crippen LogP contribution in [0.1, 0.15) is 26.7 Å². The van der Waals surface area contributed by atoms with Crippen LogP contribution in [-0.4, -0.2) is 71.8 Å². The van der Waals surface area contributed by atoms with Crippen molar-refractivity contribution >= 4 is 29.9 Å². The summed E-state index contributed by atoms with van der Waals surface area (Å²) in [4.78, 5) is 19.8. The van der Waals surface area contributed by atoms with Crippen LogP contribution >= 0.6 is 24.0 Å². The molecule has 1 aliphatic rings. The fourth-order valence-corrected chi connectivity index (χ4v) is 3.18. The number of nitrogens with one attached hydrogen (secondary N) is 1. The minimum Gasteiger partial charge on any atom is -0.357 e. The van der Waals surface area contributed by atoms with E-state index < -0.39 is 12.2 Å². The van der Waals surface area contributed by atoms with Gasteiger partial charge in [-0.25, -0.2) is 0 Å². The standard InChI is InChI=1S/C19H30F3N5O.HI/c1-3-23-18(24-9-5-7-11-26-10-6-4-8-17(26)28)27-14-12-25(13-15-27)16(2)19(20,21)22;/h4,6,8,10,16H,3,5,7,9,11-15H2,1-2H3,(H,23,24);1H. The molecule has 1 N–H and O–H groups in total. The molecule has 0 amide bonds. The van der Waals surface area contributed by atoms with Crippen LogP contribution < -0.4 is 10.9 Å². The Labute approximate surface area is 187 Å². The van der Waals surface area contributed by atoms with Crippen molar-refractivity contribution in [3.8, 4) is 0 Å². The van der Waals surface area contributed by atoms with E-state index in [9.17, 15) is 18.0 Å². The summed E-state index contributed by atoms with van der Waals surface area (Å²) >= 11 is 0. The quantitative estimate of drug-likeness (QED) is 0.256. The van der Waals surface area contributed by atoms with Crippen molar-refractivity contribution in [2.75, 3.05) is 39.3 Å². The van der Waals surface area contributed by atoms with Crippen molar-refractivity contribution in [3.05, 3.63) is 34.7 Å². The highest BCUT2D eigenvalue weighted by atomic mass is 127. The summed E-state index contributed by atoms with van der Waals surface area (Å²) in [6.07, 6.45) is -0.746. The van der Waals surface area contributed by atoms with Gasteiger partial charge < -0.3 is 14.8 Å². The Balaban J connectivity index is 0.00000420. The van der Waals surface area contributed by atoms with Crippen LogP contribution in [0.25, 0.3) is 0 Å². The normalized spacial score (nSPS) is 17.0. The van der Waals surface area contributed by atoms with Crippen molar-refractivity contribution in [1.82, 2.24) is 19.7 Å². The second-order valence-corrected chi connectivity index (χ2v) is 6.92. The first kappa shape index (κ1) is 25.7. The van der Waals surface area contributed by atoms with Crippen LogP contribution in [0.4, 0.5) is 13.2 Å². The predicted octanol–water partition coefficient (Wildman–Crippen LogP) is 2.78. The Morgan fingerprint density at radius 1 is 1.21 bits per heavy atom. The van der Waals surface area contributed by atoms with Crippen LogP contribution in [0.15, 0.2) is 34.2 Å². The van der Waals surface area contributed by atoms with Crippen molar-refractivity contribution in [1.29, 1.82) is 0 Å². The number of pyridine rings is 1. The molecule has 0 spiro atoms. The number of halogens is 4. The van der Waals surface area contributed by atoms with Crippen molar-refractivity contribution < 1.29 is 13.2 Å². The SMILES string of the molecule is CCNC(=NCCCCn1ccccc1=O)N1CCN(C(C)C(F)(F)F)CC1.I. The molecule has 0 aliphatic carbocycles. The molecule has 0 bridgehead atoms. The molecule has 2 rings (SSSR count). The van der Waals surface area contributed by atoms with E-state index in [-0.39, 0.29) is 29.5 Å². The minimum absolute atomic E-state index is 0. The smallest absolute Gasteiger partial charge is 0.357 e. The summed E-state index contributed by atoms with van der Waals surface area (Å²) in [5.41, 5.74) is -0.00899. The van der Waals surface area contributed by atoms with Gasteiger partial charge in [0.05, 0.1) is 0 Å². The molecular weight excluding hydrogens is 498 g/mol. The van der Waals surface area contributed by atoms with Gasteiger partial charge in [-0.2, -0.15) is 13.2 Å². The summed E-state index contributed by atoms with van der Waals surface area (Å²) in [6.45, 7) is 6.92. The summed E-state index contributed by atoms with van der Waals surface area (Å²) in [5, 5.41) is 3.22. The lowest BCUT2D eigenvalue weighted by molar-refractivity contribution is -0.181. The third-order valence-corrected chi connectivity index (χ3v) is 4.94. The maximum absolute atomic E-state index is 12.9. The van der Waals surface area contributed by atoms with E-state index in [1.54, 1.807) is 22.9 Å². The Morgan fingerprint density at radius 2 is 1.90 bits per heavy atom. The van der Waals surface area contributed by atoms with E-state index in [0.717, 1.165) is 18.8 Å². The first-order valence-corrected chi connectivity index (χ1v) is 9.82. The summed E-state index contributed by atoms with van der Waals surface area (Å²) in [5.74, 6) is 0.749. The van der Waals surface area contributed by atoms with Crippen molar-refractivity contribution in [3.63, 3.8) is 0 Å². The van der Waals surface area contributed by atoms with Gasteiger partial charge in [0.15, 0.2) is 5.96 Å². The molecule has 1 aromatic rings. The predicted molar refractivity (Wildman–Crippen MR) is 120 cm³/mol. The third kappa shape index (κ3) is 8.15. The zero-order chi connectivity index (χ0) is 20.6. The van der Waals surface area contributed by atoms with Gasteiger partial charge in [-0.15, -0.1) is 24.0 Å². The van der Waals surface area contributed by atoms with Crippen LogP contribution in [0, 0.1) is 0 Å². The molecular formula is C19H31F3IN5O. The maximum Gasteiger partial charge on any atom is 0.403 e. The first-order valence-electron chi connectivity index (χ1n) is 9.82. The number of nitrogens with zero attached hydrogens (tertiary/aromatic N) is 4. The maximum atomic E-state index is 12.9. The van der Waals surface area contributed by atoms with Crippen LogP contribution in [-0.2, 0) is 6.54 Å². The highest BCUT2D eigenvalue weighted by Crippen LogP contribution is 2.25.